The van der Waals surface area contributed by atoms with E-state index in [1.54, 1.807) is 19.2 Å². The molecular weight excluding hydrogens is 280 g/mol. The molecule has 1 N–H and O–H groups in total. The molecule has 0 spiro atoms. The Labute approximate surface area is 130 Å². The molecule has 0 aliphatic rings. The molecule has 4 heteroatoms. The van der Waals surface area contributed by atoms with Crippen LogP contribution in [0.4, 0.5) is 0 Å². The van der Waals surface area contributed by atoms with Gasteiger partial charge in [-0.25, -0.2) is 4.79 Å². The summed E-state index contributed by atoms with van der Waals surface area (Å²) in [5.74, 6) is 0.159. The van der Waals surface area contributed by atoms with Crippen LogP contribution in [0.5, 0.6) is 11.5 Å². The molecule has 4 nitrogen and oxygen atoms in total. The van der Waals surface area contributed by atoms with E-state index >= 15 is 0 Å². The fourth-order valence-corrected chi connectivity index (χ4v) is 2.44. The van der Waals surface area contributed by atoms with E-state index in [4.69, 9.17) is 9.47 Å². The summed E-state index contributed by atoms with van der Waals surface area (Å²) in [5, 5.41) is 9.33. The molecular formula is C18H20O4. The van der Waals surface area contributed by atoms with Crippen molar-refractivity contribution < 1.29 is 19.4 Å². The lowest BCUT2D eigenvalue weighted by atomic mass is 9.77. The molecule has 2 rings (SSSR count). The highest BCUT2D eigenvalue weighted by molar-refractivity contribution is 5.91. The van der Waals surface area contributed by atoms with E-state index in [0.29, 0.717) is 5.75 Å². The lowest BCUT2D eigenvalue weighted by Gasteiger charge is -2.27. The Morgan fingerprint density at radius 3 is 2.05 bits per heavy atom. The molecule has 0 amide bonds. The summed E-state index contributed by atoms with van der Waals surface area (Å²) in [6.07, 6.45) is 0. The normalized spacial score (nSPS) is 11.1. The zero-order valence-electron chi connectivity index (χ0n) is 13.2. The fraction of sp³-hybridized carbons (Fsp3) is 0.278. The van der Waals surface area contributed by atoms with Crippen molar-refractivity contribution in [3.05, 3.63) is 59.2 Å². The van der Waals surface area contributed by atoms with Gasteiger partial charge >= 0.3 is 5.97 Å². The van der Waals surface area contributed by atoms with Crippen LogP contribution in [0.15, 0.2) is 42.5 Å². The first-order valence-electron chi connectivity index (χ1n) is 6.96. The van der Waals surface area contributed by atoms with Crippen molar-refractivity contribution in [1.82, 2.24) is 0 Å². The van der Waals surface area contributed by atoms with Crippen molar-refractivity contribution in [1.29, 1.82) is 0 Å². The maximum absolute atomic E-state index is 11.4. The molecule has 0 saturated carbocycles. The number of methoxy groups -OCH3 is 2. The Balaban J connectivity index is 2.47. The van der Waals surface area contributed by atoms with E-state index in [0.717, 1.165) is 16.9 Å². The molecule has 0 heterocycles. The minimum atomic E-state index is -0.996. The zero-order chi connectivity index (χ0) is 16.3. The van der Waals surface area contributed by atoms with Gasteiger partial charge in [-0.15, -0.1) is 0 Å². The van der Waals surface area contributed by atoms with Gasteiger partial charge in [0, 0.05) is 5.41 Å². The number of carboxylic acid groups (broad SMARTS) is 1. The van der Waals surface area contributed by atoms with Crippen molar-refractivity contribution in [2.75, 3.05) is 14.2 Å². The Bertz CT molecular complexity index is 672. The number of hydrogen-bond acceptors (Lipinski definition) is 3. The third-order valence-corrected chi connectivity index (χ3v) is 3.96. The van der Waals surface area contributed by atoms with Gasteiger partial charge in [0.15, 0.2) is 0 Å². The SMILES string of the molecule is COc1ccc(C(C)(C)c2ccc(OC)c(C(=O)O)c2)cc1. The zero-order valence-corrected chi connectivity index (χ0v) is 13.2. The predicted octanol–water partition coefficient (Wildman–Crippen LogP) is 3.73. The lowest BCUT2D eigenvalue weighted by molar-refractivity contribution is 0.0693. The monoisotopic (exact) mass is 300 g/mol. The Hall–Kier alpha value is -2.49. The number of ether oxygens (including phenoxy) is 2. The molecule has 0 saturated heterocycles. The molecule has 0 bridgehead atoms. The molecule has 0 atom stereocenters. The van der Waals surface area contributed by atoms with Crippen LogP contribution in [-0.4, -0.2) is 25.3 Å². The summed E-state index contributed by atoms with van der Waals surface area (Å²) < 4.78 is 10.3. The number of carbonyl (C=O) groups is 1. The van der Waals surface area contributed by atoms with Crippen LogP contribution >= 0.6 is 0 Å². The molecule has 0 aliphatic carbocycles. The molecule has 116 valence electrons. The minimum absolute atomic E-state index is 0.168. The van der Waals surface area contributed by atoms with Gasteiger partial charge in [-0.2, -0.15) is 0 Å². The van der Waals surface area contributed by atoms with E-state index in [1.165, 1.54) is 7.11 Å². The second kappa shape index (κ2) is 6.10. The van der Waals surface area contributed by atoms with E-state index in [1.807, 2.05) is 30.3 Å². The summed E-state index contributed by atoms with van der Waals surface area (Å²) in [5.41, 5.74) is 1.83. The van der Waals surface area contributed by atoms with Gasteiger partial charge < -0.3 is 14.6 Å². The number of hydrogen-bond donors (Lipinski definition) is 1. The summed E-state index contributed by atoms with van der Waals surface area (Å²) >= 11 is 0. The number of carboxylic acids is 1. The highest BCUT2D eigenvalue weighted by Gasteiger charge is 2.25. The Morgan fingerprint density at radius 2 is 1.55 bits per heavy atom. The van der Waals surface area contributed by atoms with Crippen LogP contribution in [0.1, 0.15) is 35.3 Å². The van der Waals surface area contributed by atoms with Gasteiger partial charge in [-0.05, 0) is 35.4 Å². The van der Waals surface area contributed by atoms with Gasteiger partial charge in [-0.3, -0.25) is 0 Å². The average Bonchev–Trinajstić information content (AvgIpc) is 2.54. The number of benzene rings is 2. The third-order valence-electron chi connectivity index (χ3n) is 3.96. The Kier molecular flexibility index (Phi) is 4.40. The second-order valence-corrected chi connectivity index (χ2v) is 5.57. The largest absolute Gasteiger partial charge is 0.497 e. The number of rotatable bonds is 5. The minimum Gasteiger partial charge on any atom is -0.497 e. The van der Waals surface area contributed by atoms with Crippen molar-refractivity contribution in [3.63, 3.8) is 0 Å². The Morgan fingerprint density at radius 1 is 0.955 bits per heavy atom. The predicted molar refractivity (Wildman–Crippen MR) is 85.1 cm³/mol. The van der Waals surface area contributed by atoms with Crippen LogP contribution in [0.2, 0.25) is 0 Å². The van der Waals surface area contributed by atoms with Crippen LogP contribution in [0.3, 0.4) is 0 Å². The summed E-state index contributed by atoms with van der Waals surface area (Å²) in [7, 11) is 3.10. The van der Waals surface area contributed by atoms with Crippen molar-refractivity contribution in [2.24, 2.45) is 0 Å². The quantitative estimate of drug-likeness (QED) is 0.914. The van der Waals surface area contributed by atoms with Crippen LogP contribution in [-0.2, 0) is 5.41 Å². The fourth-order valence-electron chi connectivity index (χ4n) is 2.44. The van der Waals surface area contributed by atoms with Gasteiger partial charge in [0.25, 0.3) is 0 Å². The van der Waals surface area contributed by atoms with Gasteiger partial charge in [0.1, 0.15) is 17.1 Å². The lowest BCUT2D eigenvalue weighted by Crippen LogP contribution is -2.19. The average molecular weight is 300 g/mol. The van der Waals surface area contributed by atoms with Crippen molar-refractivity contribution in [3.8, 4) is 11.5 Å². The molecule has 0 aromatic heterocycles. The third kappa shape index (κ3) is 2.91. The highest BCUT2D eigenvalue weighted by atomic mass is 16.5. The first-order valence-corrected chi connectivity index (χ1v) is 6.96. The van der Waals surface area contributed by atoms with Crippen molar-refractivity contribution >= 4 is 5.97 Å². The van der Waals surface area contributed by atoms with Gasteiger partial charge in [0.05, 0.1) is 14.2 Å². The van der Waals surface area contributed by atoms with Crippen LogP contribution in [0, 0.1) is 0 Å². The maximum Gasteiger partial charge on any atom is 0.339 e. The molecule has 0 unspecified atom stereocenters. The number of aromatic carboxylic acids is 1. The molecule has 2 aromatic rings. The standard InChI is InChI=1S/C18H20O4/c1-18(2,12-5-8-14(21-3)9-6-12)13-7-10-16(22-4)15(11-13)17(19)20/h5-11H,1-4H3,(H,19,20). The van der Waals surface area contributed by atoms with E-state index in [9.17, 15) is 9.90 Å². The molecule has 0 aliphatic heterocycles. The maximum atomic E-state index is 11.4. The smallest absolute Gasteiger partial charge is 0.339 e. The molecule has 2 aromatic carbocycles. The van der Waals surface area contributed by atoms with E-state index in [2.05, 4.69) is 13.8 Å². The molecule has 0 radical (unpaired) electrons. The molecule has 22 heavy (non-hydrogen) atoms. The first-order chi connectivity index (χ1) is 10.4. The van der Waals surface area contributed by atoms with Gasteiger partial charge in [0.2, 0.25) is 0 Å². The molecule has 0 fully saturated rings. The van der Waals surface area contributed by atoms with Crippen LogP contribution in [0.25, 0.3) is 0 Å². The van der Waals surface area contributed by atoms with E-state index < -0.39 is 5.97 Å². The van der Waals surface area contributed by atoms with Crippen molar-refractivity contribution in [2.45, 2.75) is 19.3 Å². The highest BCUT2D eigenvalue weighted by Crippen LogP contribution is 2.34. The summed E-state index contributed by atoms with van der Waals surface area (Å²) in [6, 6.07) is 13.1. The second-order valence-electron chi connectivity index (χ2n) is 5.57. The van der Waals surface area contributed by atoms with Gasteiger partial charge in [-0.1, -0.05) is 32.0 Å². The van der Waals surface area contributed by atoms with Crippen LogP contribution < -0.4 is 9.47 Å². The summed E-state index contributed by atoms with van der Waals surface area (Å²) in [6.45, 7) is 4.12. The summed E-state index contributed by atoms with van der Waals surface area (Å²) in [4.78, 5) is 11.4. The topological polar surface area (TPSA) is 55.8 Å². The first kappa shape index (κ1) is 15.9. The van der Waals surface area contributed by atoms with E-state index in [-0.39, 0.29) is 11.0 Å².